The van der Waals surface area contributed by atoms with Gasteiger partial charge in [0.05, 0.1) is 5.71 Å². The van der Waals surface area contributed by atoms with Crippen LogP contribution < -0.4 is 4.90 Å². The van der Waals surface area contributed by atoms with Crippen molar-refractivity contribution in [2.75, 3.05) is 11.9 Å². The fourth-order valence-electron chi connectivity index (χ4n) is 2.32. The number of anilines is 1. The minimum atomic E-state index is -0.648. The average molecular weight is 298 g/mol. The Morgan fingerprint density at radius 3 is 2.55 bits per heavy atom. The van der Waals surface area contributed by atoms with Gasteiger partial charge in [0.25, 0.3) is 5.91 Å². The third-order valence-electron chi connectivity index (χ3n) is 3.60. The van der Waals surface area contributed by atoms with Gasteiger partial charge < -0.3 is 9.74 Å². The molecular weight excluding hydrogens is 283 g/mol. The van der Waals surface area contributed by atoms with E-state index < -0.39 is 6.10 Å². The van der Waals surface area contributed by atoms with E-state index in [1.54, 1.807) is 24.1 Å². The first kappa shape index (κ1) is 14.3. The molecule has 22 heavy (non-hydrogen) atoms. The van der Waals surface area contributed by atoms with Crippen LogP contribution in [0.4, 0.5) is 10.1 Å². The molecule has 5 heteroatoms. The molecule has 0 aromatic heterocycles. The first-order valence-electron chi connectivity index (χ1n) is 6.96. The summed E-state index contributed by atoms with van der Waals surface area (Å²) in [6.07, 6.45) is -0.271. The van der Waals surface area contributed by atoms with Gasteiger partial charge in [0, 0.05) is 19.2 Å². The second-order valence-corrected chi connectivity index (χ2v) is 5.08. The highest BCUT2D eigenvalue weighted by atomic mass is 19.1. The summed E-state index contributed by atoms with van der Waals surface area (Å²) in [5, 5.41) is 3.96. The first-order valence-corrected chi connectivity index (χ1v) is 6.96. The summed E-state index contributed by atoms with van der Waals surface area (Å²) < 4.78 is 12.9. The number of nitrogens with zero attached hydrogens (tertiary/aromatic N) is 2. The standard InChI is InChI=1S/C17H15FN2O2/c1-20(14-5-3-2-4-6-14)17(21)16-11-15(19-22-16)12-7-9-13(18)10-8-12/h2-10,16H,11H2,1H3/t16-/m0/s1. The van der Waals surface area contributed by atoms with Crippen LogP contribution in [0, 0.1) is 5.82 Å². The number of benzene rings is 2. The highest BCUT2D eigenvalue weighted by Crippen LogP contribution is 2.21. The topological polar surface area (TPSA) is 41.9 Å². The van der Waals surface area contributed by atoms with Crippen LogP contribution in [0.5, 0.6) is 0 Å². The molecular formula is C17H15FN2O2. The number of likely N-dealkylation sites (N-methyl/N-ethyl adjacent to an activating group) is 1. The van der Waals surface area contributed by atoms with Crippen LogP contribution >= 0.6 is 0 Å². The van der Waals surface area contributed by atoms with E-state index in [0.717, 1.165) is 11.3 Å². The van der Waals surface area contributed by atoms with Gasteiger partial charge in [-0.05, 0) is 29.8 Å². The molecule has 0 radical (unpaired) electrons. The van der Waals surface area contributed by atoms with Crippen LogP contribution in [0.2, 0.25) is 0 Å². The van der Waals surface area contributed by atoms with Crippen molar-refractivity contribution in [1.82, 2.24) is 0 Å². The molecule has 0 saturated carbocycles. The molecule has 1 aliphatic rings. The number of rotatable bonds is 3. The van der Waals surface area contributed by atoms with Gasteiger partial charge >= 0.3 is 0 Å². The molecule has 1 atom stereocenters. The second-order valence-electron chi connectivity index (χ2n) is 5.08. The van der Waals surface area contributed by atoms with E-state index in [2.05, 4.69) is 5.16 Å². The minimum absolute atomic E-state index is 0.160. The first-order chi connectivity index (χ1) is 10.6. The molecule has 3 rings (SSSR count). The summed E-state index contributed by atoms with van der Waals surface area (Å²) in [6, 6.07) is 15.3. The van der Waals surface area contributed by atoms with Crippen molar-refractivity contribution in [2.24, 2.45) is 5.16 Å². The van der Waals surface area contributed by atoms with Gasteiger partial charge in [0.1, 0.15) is 5.82 Å². The van der Waals surface area contributed by atoms with E-state index in [1.807, 2.05) is 30.3 Å². The Balaban J connectivity index is 1.69. The molecule has 0 fully saturated rings. The van der Waals surface area contributed by atoms with Gasteiger partial charge in [-0.1, -0.05) is 35.5 Å². The van der Waals surface area contributed by atoms with E-state index in [4.69, 9.17) is 4.84 Å². The number of carbonyl (C=O) groups is 1. The number of para-hydroxylation sites is 1. The van der Waals surface area contributed by atoms with Crippen molar-refractivity contribution in [1.29, 1.82) is 0 Å². The van der Waals surface area contributed by atoms with Gasteiger partial charge in [-0.3, -0.25) is 4.79 Å². The highest BCUT2D eigenvalue weighted by Gasteiger charge is 2.31. The molecule has 0 unspecified atom stereocenters. The van der Waals surface area contributed by atoms with Gasteiger partial charge in [-0.25, -0.2) is 4.39 Å². The predicted octanol–water partition coefficient (Wildman–Crippen LogP) is 2.98. The number of carbonyl (C=O) groups excluding carboxylic acids is 1. The number of oxime groups is 1. The van der Waals surface area contributed by atoms with Crippen molar-refractivity contribution in [2.45, 2.75) is 12.5 Å². The third kappa shape index (κ3) is 2.83. The average Bonchev–Trinajstić information content (AvgIpc) is 3.05. The molecule has 2 aromatic rings. The van der Waals surface area contributed by atoms with Crippen molar-refractivity contribution in [3.63, 3.8) is 0 Å². The van der Waals surface area contributed by atoms with Gasteiger partial charge in [-0.15, -0.1) is 0 Å². The smallest absolute Gasteiger partial charge is 0.271 e. The van der Waals surface area contributed by atoms with Crippen LogP contribution in [-0.4, -0.2) is 24.8 Å². The van der Waals surface area contributed by atoms with Gasteiger partial charge in [0.2, 0.25) is 6.10 Å². The summed E-state index contributed by atoms with van der Waals surface area (Å²) in [6.45, 7) is 0. The van der Waals surface area contributed by atoms with Crippen LogP contribution in [0.3, 0.4) is 0 Å². The Kier molecular flexibility index (Phi) is 3.87. The summed E-state index contributed by atoms with van der Waals surface area (Å²) in [4.78, 5) is 19.3. The third-order valence-corrected chi connectivity index (χ3v) is 3.60. The SMILES string of the molecule is CN(C(=O)[C@@H]1CC(c2ccc(F)cc2)=NO1)c1ccccc1. The lowest BCUT2D eigenvalue weighted by molar-refractivity contribution is -0.128. The number of amides is 1. The fraction of sp³-hybridized carbons (Fsp3) is 0.176. The molecule has 0 aliphatic carbocycles. The Morgan fingerprint density at radius 1 is 1.18 bits per heavy atom. The Labute approximate surface area is 127 Å². The maximum atomic E-state index is 12.9. The van der Waals surface area contributed by atoms with Crippen molar-refractivity contribution >= 4 is 17.3 Å². The molecule has 1 aliphatic heterocycles. The maximum Gasteiger partial charge on any atom is 0.271 e. The molecule has 0 saturated heterocycles. The van der Waals surface area contributed by atoms with Crippen molar-refractivity contribution < 1.29 is 14.0 Å². The lowest BCUT2D eigenvalue weighted by Gasteiger charge is -2.19. The minimum Gasteiger partial charge on any atom is -0.382 e. The van der Waals surface area contributed by atoms with Crippen molar-refractivity contribution in [3.8, 4) is 0 Å². The molecule has 2 aromatic carbocycles. The number of hydrogen-bond acceptors (Lipinski definition) is 3. The van der Waals surface area contributed by atoms with E-state index >= 15 is 0 Å². The summed E-state index contributed by atoms with van der Waals surface area (Å²) >= 11 is 0. The maximum absolute atomic E-state index is 12.9. The number of halogens is 1. The molecule has 0 bridgehead atoms. The number of hydrogen-bond donors (Lipinski definition) is 0. The molecule has 112 valence electrons. The van der Waals surface area contributed by atoms with E-state index in [-0.39, 0.29) is 11.7 Å². The van der Waals surface area contributed by atoms with Crippen molar-refractivity contribution in [3.05, 3.63) is 66.0 Å². The zero-order valence-electron chi connectivity index (χ0n) is 12.1. The van der Waals surface area contributed by atoms with E-state index in [1.165, 1.54) is 12.1 Å². The molecule has 1 heterocycles. The zero-order valence-corrected chi connectivity index (χ0v) is 12.1. The van der Waals surface area contributed by atoms with Gasteiger partial charge in [-0.2, -0.15) is 0 Å². The Bertz CT molecular complexity index is 698. The molecule has 0 N–H and O–H groups in total. The molecule has 4 nitrogen and oxygen atoms in total. The van der Waals surface area contributed by atoms with E-state index in [0.29, 0.717) is 12.1 Å². The Morgan fingerprint density at radius 2 is 1.86 bits per heavy atom. The lowest BCUT2D eigenvalue weighted by atomic mass is 10.0. The summed E-state index contributed by atoms with van der Waals surface area (Å²) in [5.41, 5.74) is 2.21. The second kappa shape index (κ2) is 5.97. The van der Waals surface area contributed by atoms with E-state index in [9.17, 15) is 9.18 Å². The predicted molar refractivity (Wildman–Crippen MR) is 82.3 cm³/mol. The summed E-state index contributed by atoms with van der Waals surface area (Å²) in [5.74, 6) is -0.466. The zero-order chi connectivity index (χ0) is 15.5. The van der Waals surface area contributed by atoms with Crippen LogP contribution in [0.1, 0.15) is 12.0 Å². The summed E-state index contributed by atoms with van der Waals surface area (Å²) in [7, 11) is 1.71. The molecule has 1 amide bonds. The lowest BCUT2D eigenvalue weighted by Crippen LogP contribution is -2.36. The van der Waals surface area contributed by atoms with Gasteiger partial charge in [0.15, 0.2) is 0 Å². The highest BCUT2D eigenvalue weighted by molar-refractivity contribution is 6.06. The molecule has 0 spiro atoms. The normalized spacial score (nSPS) is 16.8. The largest absolute Gasteiger partial charge is 0.382 e. The van der Waals surface area contributed by atoms with Crippen LogP contribution in [0.15, 0.2) is 59.8 Å². The van der Waals surface area contributed by atoms with Crippen LogP contribution in [0.25, 0.3) is 0 Å². The monoisotopic (exact) mass is 298 g/mol. The Hall–Kier alpha value is -2.69. The quantitative estimate of drug-likeness (QED) is 0.874. The fourth-order valence-corrected chi connectivity index (χ4v) is 2.32. The van der Waals surface area contributed by atoms with Crippen LogP contribution in [-0.2, 0) is 9.63 Å².